The first-order valence-electron chi connectivity index (χ1n) is 6.46. The van der Waals surface area contributed by atoms with E-state index in [4.69, 9.17) is 21.1 Å². The Morgan fingerprint density at radius 1 is 1.30 bits per heavy atom. The van der Waals surface area contributed by atoms with Gasteiger partial charge in [-0.15, -0.1) is 11.6 Å². The molecule has 2 fully saturated rings. The molecule has 4 atom stereocenters. The van der Waals surface area contributed by atoms with Crippen molar-refractivity contribution in [3.05, 3.63) is 29.8 Å². The first-order chi connectivity index (χ1) is 9.45. The highest BCUT2D eigenvalue weighted by atomic mass is 35.5. The predicted octanol–water partition coefficient (Wildman–Crippen LogP) is 1.39. The molecular weight excluding hydrogens is 302 g/mol. The lowest BCUT2D eigenvalue weighted by Crippen LogP contribution is -2.52. The largest absolute Gasteiger partial charge is 0.348 e. The minimum atomic E-state index is -3.63. The van der Waals surface area contributed by atoms with Crippen molar-refractivity contribution in [1.82, 2.24) is 4.72 Å². The van der Waals surface area contributed by atoms with Crippen LogP contribution in [0.3, 0.4) is 0 Å². The van der Waals surface area contributed by atoms with Crippen LogP contribution < -0.4 is 4.72 Å². The maximum atomic E-state index is 12.4. The molecular formula is C13H16ClNO4S. The minimum absolute atomic E-state index is 0.0253. The van der Waals surface area contributed by atoms with Crippen LogP contribution in [0, 0.1) is 6.92 Å². The molecule has 0 aliphatic carbocycles. The zero-order valence-electron chi connectivity index (χ0n) is 11.0. The number of nitrogens with one attached hydrogen (secondary N) is 1. The molecule has 0 aromatic heterocycles. The molecule has 2 aliphatic rings. The fourth-order valence-corrected chi connectivity index (χ4v) is 4.16. The molecule has 1 N–H and O–H groups in total. The standard InChI is InChI=1S/C13H16ClNO4S/c1-8-2-4-10(5-3-8)20(16,17)15-12-11(14)6-9-7-18-13(12)19-9/h2-5,9,11-13,15H,6-7H2,1H3/t9-,11-,12+,13+/m0/s1. The topological polar surface area (TPSA) is 64.6 Å². The summed E-state index contributed by atoms with van der Waals surface area (Å²) in [5.41, 5.74) is 1.00. The van der Waals surface area contributed by atoms with Gasteiger partial charge in [0.1, 0.15) is 0 Å². The van der Waals surface area contributed by atoms with Crippen molar-refractivity contribution >= 4 is 21.6 Å². The summed E-state index contributed by atoms with van der Waals surface area (Å²) < 4.78 is 38.3. The van der Waals surface area contributed by atoms with E-state index >= 15 is 0 Å². The molecule has 0 saturated carbocycles. The highest BCUT2D eigenvalue weighted by Crippen LogP contribution is 2.31. The van der Waals surface area contributed by atoms with Gasteiger partial charge < -0.3 is 9.47 Å². The minimum Gasteiger partial charge on any atom is -0.348 e. The van der Waals surface area contributed by atoms with E-state index in [1.54, 1.807) is 24.3 Å². The van der Waals surface area contributed by atoms with E-state index in [1.165, 1.54) is 0 Å². The van der Waals surface area contributed by atoms with E-state index in [2.05, 4.69) is 4.72 Å². The van der Waals surface area contributed by atoms with Gasteiger partial charge in [-0.05, 0) is 25.5 Å². The average Bonchev–Trinajstić information content (AvgIpc) is 2.79. The third kappa shape index (κ3) is 2.71. The smallest absolute Gasteiger partial charge is 0.241 e. The molecule has 0 spiro atoms. The summed E-state index contributed by atoms with van der Waals surface area (Å²) in [5.74, 6) is 0. The van der Waals surface area contributed by atoms with Crippen LogP contribution in [-0.2, 0) is 19.5 Å². The predicted molar refractivity (Wildman–Crippen MR) is 74.2 cm³/mol. The van der Waals surface area contributed by atoms with Crippen LogP contribution in [0.1, 0.15) is 12.0 Å². The van der Waals surface area contributed by atoms with Crippen LogP contribution in [0.2, 0.25) is 0 Å². The van der Waals surface area contributed by atoms with Crippen molar-refractivity contribution in [2.45, 2.75) is 42.1 Å². The Balaban J connectivity index is 1.80. The Bertz CT molecular complexity index is 589. The van der Waals surface area contributed by atoms with Crippen molar-refractivity contribution in [3.8, 4) is 0 Å². The third-order valence-electron chi connectivity index (χ3n) is 3.57. The van der Waals surface area contributed by atoms with Crippen LogP contribution in [0.25, 0.3) is 0 Å². The van der Waals surface area contributed by atoms with Crippen LogP contribution >= 0.6 is 11.6 Å². The van der Waals surface area contributed by atoms with Gasteiger partial charge in [0.05, 0.1) is 29.0 Å². The van der Waals surface area contributed by atoms with Gasteiger partial charge in [-0.1, -0.05) is 17.7 Å². The number of ether oxygens (including phenoxy) is 2. The number of hydrogen-bond donors (Lipinski definition) is 1. The number of fused-ring (bicyclic) bond motifs is 2. The van der Waals surface area contributed by atoms with Crippen molar-refractivity contribution in [3.63, 3.8) is 0 Å². The fourth-order valence-electron chi connectivity index (χ4n) is 2.44. The number of alkyl halides is 1. The second-order valence-electron chi connectivity index (χ2n) is 5.17. The van der Waals surface area contributed by atoms with Gasteiger partial charge >= 0.3 is 0 Å². The van der Waals surface area contributed by atoms with E-state index in [1.807, 2.05) is 6.92 Å². The monoisotopic (exact) mass is 317 g/mol. The van der Waals surface area contributed by atoms with Gasteiger partial charge in [0.15, 0.2) is 6.29 Å². The maximum absolute atomic E-state index is 12.4. The Kier molecular flexibility index (Phi) is 3.77. The van der Waals surface area contributed by atoms with Gasteiger partial charge in [0.2, 0.25) is 10.0 Å². The summed E-state index contributed by atoms with van der Waals surface area (Å²) in [4.78, 5) is 0.215. The van der Waals surface area contributed by atoms with Crippen molar-refractivity contribution in [2.24, 2.45) is 0 Å². The molecule has 0 radical (unpaired) electrons. The molecule has 2 saturated heterocycles. The van der Waals surface area contributed by atoms with Crippen molar-refractivity contribution in [1.29, 1.82) is 0 Å². The van der Waals surface area contributed by atoms with Gasteiger partial charge in [0.25, 0.3) is 0 Å². The molecule has 1 aromatic rings. The molecule has 2 aliphatic heterocycles. The van der Waals surface area contributed by atoms with Gasteiger partial charge in [0, 0.05) is 0 Å². The molecule has 2 bridgehead atoms. The van der Waals surface area contributed by atoms with Gasteiger partial charge in [-0.25, -0.2) is 13.1 Å². The Morgan fingerprint density at radius 3 is 2.70 bits per heavy atom. The lowest BCUT2D eigenvalue weighted by Gasteiger charge is -2.31. The molecule has 110 valence electrons. The average molecular weight is 318 g/mol. The SMILES string of the molecule is Cc1ccc(S(=O)(=O)N[C@H]2[C@@H]3OC[C@H](C[C@@H]2Cl)O3)cc1. The third-order valence-corrected chi connectivity index (χ3v) is 5.49. The maximum Gasteiger partial charge on any atom is 0.241 e. The molecule has 7 heteroatoms. The molecule has 2 heterocycles. The fraction of sp³-hybridized carbons (Fsp3) is 0.538. The molecule has 1 aromatic carbocycles. The molecule has 0 amide bonds. The van der Waals surface area contributed by atoms with E-state index in [0.29, 0.717) is 13.0 Å². The zero-order chi connectivity index (χ0) is 14.3. The van der Waals surface area contributed by atoms with Crippen LogP contribution in [0.15, 0.2) is 29.2 Å². The molecule has 3 rings (SSSR count). The summed E-state index contributed by atoms with van der Waals surface area (Å²) in [5, 5.41) is -0.332. The van der Waals surface area contributed by atoms with E-state index < -0.39 is 22.4 Å². The second kappa shape index (κ2) is 5.27. The van der Waals surface area contributed by atoms with E-state index in [0.717, 1.165) is 5.56 Å². The summed E-state index contributed by atoms with van der Waals surface area (Å²) in [6, 6.07) is 6.09. The summed E-state index contributed by atoms with van der Waals surface area (Å²) in [7, 11) is -3.63. The van der Waals surface area contributed by atoms with E-state index in [9.17, 15) is 8.42 Å². The van der Waals surface area contributed by atoms with E-state index in [-0.39, 0.29) is 16.4 Å². The van der Waals surface area contributed by atoms with Gasteiger partial charge in [-0.2, -0.15) is 0 Å². The Hall–Kier alpha value is -0.660. The Labute approximate surface area is 123 Å². The molecule has 0 unspecified atom stereocenters. The van der Waals surface area contributed by atoms with Crippen LogP contribution in [-0.4, -0.2) is 38.8 Å². The quantitative estimate of drug-likeness (QED) is 0.856. The normalized spacial score (nSPS) is 33.3. The second-order valence-corrected chi connectivity index (χ2v) is 7.45. The van der Waals surface area contributed by atoms with Crippen LogP contribution in [0.4, 0.5) is 0 Å². The number of halogens is 1. The van der Waals surface area contributed by atoms with Crippen LogP contribution in [0.5, 0.6) is 0 Å². The van der Waals surface area contributed by atoms with Gasteiger partial charge in [-0.3, -0.25) is 0 Å². The Morgan fingerprint density at radius 2 is 2.00 bits per heavy atom. The zero-order valence-corrected chi connectivity index (χ0v) is 12.5. The lowest BCUT2D eigenvalue weighted by molar-refractivity contribution is -0.0964. The first-order valence-corrected chi connectivity index (χ1v) is 8.38. The number of benzene rings is 1. The number of rotatable bonds is 3. The summed E-state index contributed by atoms with van der Waals surface area (Å²) >= 11 is 6.24. The molecule has 5 nitrogen and oxygen atoms in total. The lowest BCUT2D eigenvalue weighted by atomic mass is 10.1. The molecule has 20 heavy (non-hydrogen) atoms. The van der Waals surface area contributed by atoms with Crippen molar-refractivity contribution in [2.75, 3.05) is 6.61 Å². The highest BCUT2D eigenvalue weighted by Gasteiger charge is 2.45. The summed E-state index contributed by atoms with van der Waals surface area (Å²) in [6.45, 7) is 2.37. The highest BCUT2D eigenvalue weighted by molar-refractivity contribution is 7.89. The number of aryl methyl sites for hydroxylation is 1. The summed E-state index contributed by atoms with van der Waals surface area (Å²) in [6.07, 6.45) is -0.0434. The number of hydrogen-bond acceptors (Lipinski definition) is 4. The number of sulfonamides is 1. The van der Waals surface area contributed by atoms with Crippen molar-refractivity contribution < 1.29 is 17.9 Å². The first kappa shape index (κ1) is 14.3.